The summed E-state index contributed by atoms with van der Waals surface area (Å²) in [4.78, 5) is 4.38. The molecule has 0 bridgehead atoms. The molecule has 4 heteroatoms. The lowest BCUT2D eigenvalue weighted by molar-refractivity contribution is 0.679. The van der Waals surface area contributed by atoms with Crippen LogP contribution < -0.4 is 0 Å². The van der Waals surface area contributed by atoms with Gasteiger partial charge in [0.15, 0.2) is 0 Å². The largest absolute Gasteiger partial charge is 0.259 e. The van der Waals surface area contributed by atoms with Crippen molar-refractivity contribution in [2.45, 2.75) is 18.6 Å². The van der Waals surface area contributed by atoms with Crippen LogP contribution in [0.15, 0.2) is 36.5 Å². The molecule has 2 rings (SSSR count). The Hall–Kier alpha value is -0.930. The van der Waals surface area contributed by atoms with Crippen LogP contribution in [0.1, 0.15) is 18.4 Å². The molecule has 0 fully saturated rings. The Morgan fingerprint density at radius 3 is 2.89 bits per heavy atom. The smallest absolute Gasteiger partial charge is 0.0702 e. The highest BCUT2D eigenvalue weighted by atomic mass is 35.5. The summed E-state index contributed by atoms with van der Waals surface area (Å²) in [5.41, 5.74) is 2.02. The first-order valence-corrected chi connectivity index (χ1v) is 8.06. The zero-order valence-electron chi connectivity index (χ0n) is 10.1. The lowest BCUT2D eigenvalue weighted by atomic mass is 10.2. The number of fused-ring (bicyclic) bond motifs is 1. The molecular formula is C14H16ClNOS. The molecule has 0 saturated heterocycles. The van der Waals surface area contributed by atoms with E-state index in [-0.39, 0.29) is 0 Å². The number of halogens is 1. The molecule has 0 radical (unpaired) electrons. The summed E-state index contributed by atoms with van der Waals surface area (Å²) in [5, 5.41) is 1.10. The summed E-state index contributed by atoms with van der Waals surface area (Å²) in [6.07, 6.45) is 3.68. The van der Waals surface area contributed by atoms with E-state index in [0.717, 1.165) is 35.1 Å². The third-order valence-corrected chi connectivity index (χ3v) is 4.40. The van der Waals surface area contributed by atoms with Gasteiger partial charge in [-0.1, -0.05) is 18.2 Å². The molecule has 0 saturated carbocycles. The van der Waals surface area contributed by atoms with Crippen LogP contribution in [0.2, 0.25) is 0 Å². The highest BCUT2D eigenvalue weighted by Gasteiger charge is 2.03. The molecule has 1 unspecified atom stereocenters. The van der Waals surface area contributed by atoms with Crippen molar-refractivity contribution in [2.75, 3.05) is 11.6 Å². The number of unbranched alkanes of at least 4 members (excludes halogenated alkanes) is 1. The van der Waals surface area contributed by atoms with Crippen LogP contribution in [0, 0.1) is 0 Å². The van der Waals surface area contributed by atoms with E-state index in [1.54, 1.807) is 0 Å². The molecule has 1 heterocycles. The lowest BCUT2D eigenvalue weighted by Crippen LogP contribution is -2.01. The van der Waals surface area contributed by atoms with Crippen molar-refractivity contribution in [3.8, 4) is 0 Å². The van der Waals surface area contributed by atoms with Crippen LogP contribution in [0.25, 0.3) is 10.9 Å². The summed E-state index contributed by atoms with van der Waals surface area (Å²) in [6, 6.07) is 10.0. The summed E-state index contributed by atoms with van der Waals surface area (Å²) >= 11 is 5.60. The summed E-state index contributed by atoms with van der Waals surface area (Å²) in [6.45, 7) is 0. The van der Waals surface area contributed by atoms with Crippen molar-refractivity contribution >= 4 is 33.3 Å². The second-order valence-corrected chi connectivity index (χ2v) is 6.18. The van der Waals surface area contributed by atoms with Crippen LogP contribution in [-0.2, 0) is 16.6 Å². The van der Waals surface area contributed by atoms with Gasteiger partial charge in [-0.25, -0.2) is 0 Å². The van der Waals surface area contributed by atoms with Crippen LogP contribution in [-0.4, -0.2) is 20.8 Å². The standard InChI is InChI=1S/C14H16ClNOS/c15-7-3-4-8-18(17)11-12-9-13-5-1-2-6-14(13)16-10-12/h1-2,5-6,9-10H,3-4,7-8,11H2. The molecule has 0 amide bonds. The molecule has 96 valence electrons. The van der Waals surface area contributed by atoms with Gasteiger partial charge in [0.25, 0.3) is 0 Å². The summed E-state index contributed by atoms with van der Waals surface area (Å²) in [7, 11) is -0.814. The van der Waals surface area contributed by atoms with Gasteiger partial charge in [0.2, 0.25) is 0 Å². The monoisotopic (exact) mass is 281 g/mol. The Morgan fingerprint density at radius 2 is 2.06 bits per heavy atom. The minimum Gasteiger partial charge on any atom is -0.259 e. The molecule has 0 aliphatic carbocycles. The van der Waals surface area contributed by atoms with Gasteiger partial charge in [0.1, 0.15) is 0 Å². The van der Waals surface area contributed by atoms with Crippen molar-refractivity contribution in [1.82, 2.24) is 4.98 Å². The van der Waals surface area contributed by atoms with E-state index in [1.807, 2.05) is 30.5 Å². The van der Waals surface area contributed by atoms with E-state index in [0.29, 0.717) is 11.6 Å². The Morgan fingerprint density at radius 1 is 1.22 bits per heavy atom. The highest BCUT2D eigenvalue weighted by Crippen LogP contribution is 2.14. The first-order valence-electron chi connectivity index (χ1n) is 6.04. The average Bonchev–Trinajstić information content (AvgIpc) is 2.39. The number of aromatic nitrogens is 1. The number of hydrogen-bond donors (Lipinski definition) is 0. The predicted molar refractivity (Wildman–Crippen MR) is 78.4 cm³/mol. The number of para-hydroxylation sites is 1. The van der Waals surface area contributed by atoms with Gasteiger partial charge >= 0.3 is 0 Å². The van der Waals surface area contributed by atoms with Crippen molar-refractivity contribution in [1.29, 1.82) is 0 Å². The molecule has 0 N–H and O–H groups in total. The third kappa shape index (κ3) is 3.79. The van der Waals surface area contributed by atoms with Crippen LogP contribution in [0.4, 0.5) is 0 Å². The van der Waals surface area contributed by atoms with E-state index in [4.69, 9.17) is 11.6 Å². The number of pyridine rings is 1. The van der Waals surface area contributed by atoms with Crippen molar-refractivity contribution < 1.29 is 4.21 Å². The van der Waals surface area contributed by atoms with Crippen molar-refractivity contribution in [3.63, 3.8) is 0 Å². The summed E-state index contributed by atoms with van der Waals surface area (Å²) in [5.74, 6) is 1.95. The number of benzene rings is 1. The maximum absolute atomic E-state index is 11.9. The molecule has 0 spiro atoms. The zero-order valence-corrected chi connectivity index (χ0v) is 11.7. The Balaban J connectivity index is 2.01. The van der Waals surface area contributed by atoms with E-state index in [9.17, 15) is 4.21 Å². The second-order valence-electron chi connectivity index (χ2n) is 4.22. The quantitative estimate of drug-likeness (QED) is 0.599. The molecule has 1 aromatic heterocycles. The van der Waals surface area contributed by atoms with E-state index < -0.39 is 10.8 Å². The Labute approximate surface area is 115 Å². The van der Waals surface area contributed by atoms with Gasteiger partial charge in [-0.15, -0.1) is 11.6 Å². The topological polar surface area (TPSA) is 30.0 Å². The Kier molecular flexibility index (Phi) is 5.14. The highest BCUT2D eigenvalue weighted by molar-refractivity contribution is 7.84. The molecule has 1 aromatic carbocycles. The van der Waals surface area contributed by atoms with Gasteiger partial charge < -0.3 is 0 Å². The fourth-order valence-corrected chi connectivity index (χ4v) is 3.20. The molecule has 2 nitrogen and oxygen atoms in total. The van der Waals surface area contributed by atoms with Gasteiger partial charge in [-0.3, -0.25) is 9.19 Å². The maximum Gasteiger partial charge on any atom is 0.0702 e. The van der Waals surface area contributed by atoms with Crippen molar-refractivity contribution in [2.24, 2.45) is 0 Å². The van der Waals surface area contributed by atoms with Crippen molar-refractivity contribution in [3.05, 3.63) is 42.1 Å². The summed E-state index contributed by atoms with van der Waals surface area (Å²) < 4.78 is 11.9. The molecule has 0 aliphatic heterocycles. The van der Waals surface area contributed by atoms with Gasteiger partial charge in [-0.2, -0.15) is 0 Å². The van der Waals surface area contributed by atoms with E-state index in [2.05, 4.69) is 11.1 Å². The second kappa shape index (κ2) is 6.86. The van der Waals surface area contributed by atoms with E-state index in [1.165, 1.54) is 0 Å². The predicted octanol–water partition coefficient (Wildman–Crippen LogP) is 3.50. The van der Waals surface area contributed by atoms with Gasteiger partial charge in [-0.05, 0) is 30.5 Å². The lowest BCUT2D eigenvalue weighted by Gasteiger charge is -2.03. The van der Waals surface area contributed by atoms with Crippen LogP contribution >= 0.6 is 11.6 Å². The van der Waals surface area contributed by atoms with Crippen LogP contribution in [0.3, 0.4) is 0 Å². The van der Waals surface area contributed by atoms with Crippen LogP contribution in [0.5, 0.6) is 0 Å². The minimum atomic E-state index is -0.814. The fourth-order valence-electron chi connectivity index (χ4n) is 1.81. The number of rotatable bonds is 6. The third-order valence-electron chi connectivity index (χ3n) is 2.73. The SMILES string of the molecule is O=S(CCCCCl)Cc1cnc2ccccc2c1. The molecule has 1 atom stereocenters. The number of alkyl halides is 1. The normalized spacial score (nSPS) is 12.7. The number of hydrogen-bond acceptors (Lipinski definition) is 2. The van der Waals surface area contributed by atoms with Gasteiger partial charge in [0.05, 0.1) is 11.3 Å². The minimum absolute atomic E-state index is 0.583. The first-order chi connectivity index (χ1) is 8.79. The Bertz CT molecular complexity index is 544. The average molecular weight is 282 g/mol. The molecule has 2 aromatic rings. The molecule has 18 heavy (non-hydrogen) atoms. The number of nitrogens with zero attached hydrogens (tertiary/aromatic N) is 1. The fraction of sp³-hybridized carbons (Fsp3) is 0.357. The van der Waals surface area contributed by atoms with E-state index >= 15 is 0 Å². The zero-order chi connectivity index (χ0) is 12.8. The van der Waals surface area contributed by atoms with Gasteiger partial charge in [0, 0.05) is 34.0 Å². The molecular weight excluding hydrogens is 266 g/mol. The first kappa shape index (κ1) is 13.5. The maximum atomic E-state index is 11.9. The molecule has 0 aliphatic rings.